The smallest absolute Gasteiger partial charge is 0.228 e. The van der Waals surface area contributed by atoms with Crippen molar-refractivity contribution in [2.45, 2.75) is 32.0 Å². The van der Waals surface area contributed by atoms with Crippen molar-refractivity contribution >= 4 is 17.5 Å². The summed E-state index contributed by atoms with van der Waals surface area (Å²) in [6.07, 6.45) is 2.07. The van der Waals surface area contributed by atoms with Crippen LogP contribution in [0, 0.1) is 18.8 Å². The molecule has 1 spiro atoms. The number of carbonyl (C=O) groups is 2. The predicted octanol–water partition coefficient (Wildman–Crippen LogP) is 1.94. The van der Waals surface area contributed by atoms with Gasteiger partial charge in [-0.15, -0.1) is 0 Å². The fraction of sp³-hybridized carbons (Fsp3) is 0.579. The van der Waals surface area contributed by atoms with Crippen LogP contribution in [0.4, 0.5) is 5.69 Å². The van der Waals surface area contributed by atoms with E-state index in [4.69, 9.17) is 9.47 Å². The quantitative estimate of drug-likeness (QED) is 0.910. The van der Waals surface area contributed by atoms with Crippen LogP contribution >= 0.6 is 0 Å². The van der Waals surface area contributed by atoms with Crippen molar-refractivity contribution in [2.24, 2.45) is 11.8 Å². The van der Waals surface area contributed by atoms with Crippen molar-refractivity contribution < 1.29 is 19.1 Å². The van der Waals surface area contributed by atoms with E-state index >= 15 is 0 Å². The summed E-state index contributed by atoms with van der Waals surface area (Å²) < 4.78 is 11.4. The van der Waals surface area contributed by atoms with Crippen LogP contribution in [-0.4, -0.2) is 48.8 Å². The molecule has 3 aliphatic rings. The van der Waals surface area contributed by atoms with Crippen molar-refractivity contribution in [2.75, 3.05) is 31.6 Å². The molecule has 2 heterocycles. The number of rotatable bonds is 3. The van der Waals surface area contributed by atoms with E-state index in [1.807, 2.05) is 36.1 Å². The molecule has 2 aliphatic heterocycles. The molecule has 3 fully saturated rings. The first kappa shape index (κ1) is 16.5. The van der Waals surface area contributed by atoms with Gasteiger partial charge in [0.05, 0.1) is 25.0 Å². The molecule has 1 saturated carbocycles. The fourth-order valence-corrected chi connectivity index (χ4v) is 3.80. The molecule has 0 bridgehead atoms. The van der Waals surface area contributed by atoms with Crippen LogP contribution < -0.4 is 5.32 Å². The van der Waals surface area contributed by atoms with E-state index < -0.39 is 5.79 Å². The monoisotopic (exact) mass is 344 g/mol. The number of likely N-dealkylation sites (tertiary alicyclic amines) is 1. The Hall–Kier alpha value is -1.92. The summed E-state index contributed by atoms with van der Waals surface area (Å²) in [4.78, 5) is 26.9. The number of ether oxygens (including phenoxy) is 2. The van der Waals surface area contributed by atoms with Gasteiger partial charge in [0.25, 0.3) is 0 Å². The zero-order chi connectivity index (χ0) is 17.4. The maximum absolute atomic E-state index is 12.6. The van der Waals surface area contributed by atoms with Crippen molar-refractivity contribution in [3.63, 3.8) is 0 Å². The molecular weight excluding hydrogens is 320 g/mol. The normalized spacial score (nSPS) is 27.3. The standard InChI is InChI=1S/C19H24N2O4/c1-13-3-2-4-14(11-13)20-17(22)15-12-16(15)18(23)21-7-5-19(6-8-21)24-9-10-25-19/h2-4,11,15-16H,5-10,12H2,1H3,(H,20,22). The Morgan fingerprint density at radius 1 is 1.16 bits per heavy atom. The Morgan fingerprint density at radius 3 is 2.56 bits per heavy atom. The van der Waals surface area contributed by atoms with Gasteiger partial charge in [0.1, 0.15) is 0 Å². The minimum atomic E-state index is -0.470. The third kappa shape index (κ3) is 3.41. The molecule has 0 radical (unpaired) electrons. The molecule has 4 rings (SSSR count). The maximum atomic E-state index is 12.6. The number of carbonyl (C=O) groups excluding carboxylic acids is 2. The summed E-state index contributed by atoms with van der Waals surface area (Å²) >= 11 is 0. The van der Waals surface area contributed by atoms with Gasteiger partial charge in [-0.05, 0) is 31.0 Å². The number of amides is 2. The predicted molar refractivity (Wildman–Crippen MR) is 91.9 cm³/mol. The minimum Gasteiger partial charge on any atom is -0.347 e. The molecule has 134 valence electrons. The van der Waals surface area contributed by atoms with Gasteiger partial charge in [-0.2, -0.15) is 0 Å². The van der Waals surface area contributed by atoms with E-state index in [0.29, 0.717) is 45.6 Å². The molecule has 1 aliphatic carbocycles. The van der Waals surface area contributed by atoms with E-state index in [0.717, 1.165) is 11.3 Å². The summed E-state index contributed by atoms with van der Waals surface area (Å²) in [6.45, 7) is 4.54. The van der Waals surface area contributed by atoms with E-state index in [-0.39, 0.29) is 23.7 Å². The number of piperidine rings is 1. The summed E-state index contributed by atoms with van der Waals surface area (Å²) in [5, 5.41) is 2.92. The number of benzene rings is 1. The van der Waals surface area contributed by atoms with Gasteiger partial charge in [0.2, 0.25) is 11.8 Å². The van der Waals surface area contributed by atoms with Gasteiger partial charge in [-0.1, -0.05) is 12.1 Å². The van der Waals surface area contributed by atoms with Crippen LogP contribution in [-0.2, 0) is 19.1 Å². The van der Waals surface area contributed by atoms with Crippen LogP contribution in [0.2, 0.25) is 0 Å². The second kappa shape index (κ2) is 6.42. The topological polar surface area (TPSA) is 67.9 Å². The second-order valence-corrected chi connectivity index (χ2v) is 7.24. The van der Waals surface area contributed by atoms with Gasteiger partial charge in [0.15, 0.2) is 5.79 Å². The molecule has 1 N–H and O–H groups in total. The highest BCUT2D eigenvalue weighted by molar-refractivity contribution is 5.99. The Balaban J connectivity index is 1.29. The molecule has 2 saturated heterocycles. The highest BCUT2D eigenvalue weighted by atomic mass is 16.7. The van der Waals surface area contributed by atoms with Gasteiger partial charge in [-0.3, -0.25) is 9.59 Å². The van der Waals surface area contributed by atoms with Crippen LogP contribution in [0.15, 0.2) is 24.3 Å². The number of aryl methyl sites for hydroxylation is 1. The Labute approximate surface area is 147 Å². The molecule has 1 aromatic rings. The number of hydrogen-bond donors (Lipinski definition) is 1. The third-order valence-corrected chi connectivity index (χ3v) is 5.38. The van der Waals surface area contributed by atoms with E-state index in [9.17, 15) is 9.59 Å². The van der Waals surface area contributed by atoms with E-state index in [2.05, 4.69) is 5.32 Å². The Kier molecular flexibility index (Phi) is 4.25. The summed E-state index contributed by atoms with van der Waals surface area (Å²) in [6, 6.07) is 7.70. The highest BCUT2D eigenvalue weighted by Gasteiger charge is 2.51. The van der Waals surface area contributed by atoms with Crippen LogP contribution in [0.1, 0.15) is 24.8 Å². The second-order valence-electron chi connectivity index (χ2n) is 7.24. The molecule has 0 aromatic heterocycles. The number of nitrogens with zero attached hydrogens (tertiary/aromatic N) is 1. The minimum absolute atomic E-state index is 0.0557. The SMILES string of the molecule is Cc1cccc(NC(=O)C2CC2C(=O)N2CCC3(CC2)OCCO3)c1. The average Bonchev–Trinajstić information content (AvgIpc) is 3.29. The molecule has 2 amide bonds. The first-order valence-corrected chi connectivity index (χ1v) is 9.01. The zero-order valence-electron chi connectivity index (χ0n) is 14.5. The van der Waals surface area contributed by atoms with E-state index in [1.165, 1.54) is 0 Å². The Morgan fingerprint density at radius 2 is 1.88 bits per heavy atom. The number of nitrogens with one attached hydrogen (secondary N) is 1. The molecule has 6 heteroatoms. The highest BCUT2D eigenvalue weighted by Crippen LogP contribution is 2.42. The largest absolute Gasteiger partial charge is 0.347 e. The third-order valence-electron chi connectivity index (χ3n) is 5.38. The molecular formula is C19H24N2O4. The van der Waals surface area contributed by atoms with Gasteiger partial charge in [-0.25, -0.2) is 0 Å². The zero-order valence-corrected chi connectivity index (χ0v) is 14.5. The first-order chi connectivity index (χ1) is 12.1. The lowest BCUT2D eigenvalue weighted by atomic mass is 10.0. The summed E-state index contributed by atoms with van der Waals surface area (Å²) in [5.74, 6) is -0.813. The van der Waals surface area contributed by atoms with Crippen molar-refractivity contribution in [3.8, 4) is 0 Å². The van der Waals surface area contributed by atoms with Crippen LogP contribution in [0.25, 0.3) is 0 Å². The number of hydrogen-bond acceptors (Lipinski definition) is 4. The molecule has 25 heavy (non-hydrogen) atoms. The van der Waals surface area contributed by atoms with Crippen molar-refractivity contribution in [1.29, 1.82) is 0 Å². The molecule has 6 nitrogen and oxygen atoms in total. The molecule has 2 unspecified atom stereocenters. The van der Waals surface area contributed by atoms with Gasteiger partial charge < -0.3 is 19.7 Å². The number of anilines is 1. The lowest BCUT2D eigenvalue weighted by Crippen LogP contribution is -2.48. The summed E-state index contributed by atoms with van der Waals surface area (Å²) in [7, 11) is 0. The van der Waals surface area contributed by atoms with Gasteiger partial charge >= 0.3 is 0 Å². The average molecular weight is 344 g/mol. The molecule has 1 aromatic carbocycles. The fourth-order valence-electron chi connectivity index (χ4n) is 3.80. The van der Waals surface area contributed by atoms with E-state index in [1.54, 1.807) is 0 Å². The molecule has 2 atom stereocenters. The van der Waals surface area contributed by atoms with Crippen LogP contribution in [0.3, 0.4) is 0 Å². The first-order valence-electron chi connectivity index (χ1n) is 9.01. The summed E-state index contributed by atoms with van der Waals surface area (Å²) in [5.41, 5.74) is 1.89. The van der Waals surface area contributed by atoms with Gasteiger partial charge in [0, 0.05) is 31.6 Å². The lowest BCUT2D eigenvalue weighted by Gasteiger charge is -2.37. The van der Waals surface area contributed by atoms with Crippen molar-refractivity contribution in [1.82, 2.24) is 4.90 Å². The van der Waals surface area contributed by atoms with Crippen LogP contribution in [0.5, 0.6) is 0 Å². The maximum Gasteiger partial charge on any atom is 0.228 e. The Bertz CT molecular complexity index is 674. The lowest BCUT2D eigenvalue weighted by molar-refractivity contribution is -0.187. The van der Waals surface area contributed by atoms with Crippen molar-refractivity contribution in [3.05, 3.63) is 29.8 Å².